The molecule has 0 aromatic heterocycles. The Kier molecular flexibility index (Phi) is 5.95. The summed E-state index contributed by atoms with van der Waals surface area (Å²) in [6.45, 7) is 4.93. The number of carbonyl (C=O) groups is 2. The molecule has 0 radical (unpaired) electrons. The van der Waals surface area contributed by atoms with Gasteiger partial charge in [0.05, 0.1) is 13.1 Å². The third kappa shape index (κ3) is 4.84. The average Bonchev–Trinajstić information content (AvgIpc) is 2.50. The number of nitrogens with two attached hydrogens (primary N) is 1. The highest BCUT2D eigenvalue weighted by Gasteiger charge is 2.26. The molecule has 1 aromatic rings. The van der Waals surface area contributed by atoms with Gasteiger partial charge in [-0.3, -0.25) is 9.59 Å². The number of aryl methyl sites for hydroxylation is 1. The van der Waals surface area contributed by atoms with Crippen molar-refractivity contribution in [2.75, 3.05) is 26.2 Å². The number of hydrogen-bond acceptors (Lipinski definition) is 2. The summed E-state index contributed by atoms with van der Waals surface area (Å²) in [7, 11) is 0. The van der Waals surface area contributed by atoms with Gasteiger partial charge in [0.25, 0.3) is 5.91 Å². The molecule has 0 aliphatic carbocycles. The molecule has 1 aliphatic heterocycles. The van der Waals surface area contributed by atoms with E-state index in [2.05, 4.69) is 24.4 Å². The smallest absolute Gasteiger partial charge is 0.275 e. The predicted molar refractivity (Wildman–Crippen MR) is 85.4 cm³/mol. The van der Waals surface area contributed by atoms with Crippen LogP contribution in [0.5, 0.6) is 0 Å². The van der Waals surface area contributed by atoms with Crippen LogP contribution in [-0.2, 0) is 16.0 Å². The molecule has 1 heterocycles. The molecular weight excluding hydrogens is 278 g/mol. The first-order chi connectivity index (χ1) is 10.6. The van der Waals surface area contributed by atoms with Crippen molar-refractivity contribution >= 4 is 11.8 Å². The van der Waals surface area contributed by atoms with E-state index in [1.54, 1.807) is 0 Å². The monoisotopic (exact) mass is 304 g/mol. The molecule has 5 nitrogen and oxygen atoms in total. The molecule has 0 spiro atoms. The van der Waals surface area contributed by atoms with E-state index in [4.69, 9.17) is 5.73 Å². The minimum atomic E-state index is -0.207. The molecule has 2 rings (SSSR count). The van der Waals surface area contributed by atoms with Crippen molar-refractivity contribution in [2.24, 2.45) is 11.7 Å². The second kappa shape index (κ2) is 7.94. The predicted octanol–water partition coefficient (Wildman–Crippen LogP) is -0.566. The van der Waals surface area contributed by atoms with Crippen molar-refractivity contribution in [1.29, 1.82) is 0 Å². The first-order valence-corrected chi connectivity index (χ1v) is 8.00. The number of primary amides is 1. The maximum absolute atomic E-state index is 12.0. The number of amides is 2. The van der Waals surface area contributed by atoms with Gasteiger partial charge in [-0.15, -0.1) is 0 Å². The van der Waals surface area contributed by atoms with Crippen LogP contribution < -0.4 is 16.0 Å². The molecule has 22 heavy (non-hydrogen) atoms. The standard InChI is InChI=1S/C17H25N3O2/c1-13-4-2-3-5-14(13)6-9-19-16(21)12-20-10-7-15(8-11-20)17(18)22/h2-5,15H,6-12H2,1H3,(H2,18,22)(H,19,21)/p+1. The van der Waals surface area contributed by atoms with Crippen LogP contribution in [0.3, 0.4) is 0 Å². The average molecular weight is 304 g/mol. The first-order valence-electron chi connectivity index (χ1n) is 8.00. The lowest BCUT2D eigenvalue weighted by Crippen LogP contribution is -3.14. The second-order valence-electron chi connectivity index (χ2n) is 6.13. The fourth-order valence-electron chi connectivity index (χ4n) is 3.00. The van der Waals surface area contributed by atoms with Crippen molar-refractivity contribution in [3.05, 3.63) is 35.4 Å². The third-order valence-corrected chi connectivity index (χ3v) is 4.48. The van der Waals surface area contributed by atoms with Crippen molar-refractivity contribution in [1.82, 2.24) is 5.32 Å². The van der Waals surface area contributed by atoms with E-state index in [0.29, 0.717) is 13.1 Å². The van der Waals surface area contributed by atoms with Crippen molar-refractivity contribution in [2.45, 2.75) is 26.2 Å². The molecule has 5 heteroatoms. The van der Waals surface area contributed by atoms with Gasteiger partial charge in [0.15, 0.2) is 6.54 Å². The van der Waals surface area contributed by atoms with Crippen LogP contribution in [0, 0.1) is 12.8 Å². The van der Waals surface area contributed by atoms with Crippen LogP contribution in [0.4, 0.5) is 0 Å². The van der Waals surface area contributed by atoms with Gasteiger partial charge < -0.3 is 16.0 Å². The fraction of sp³-hybridized carbons (Fsp3) is 0.529. The molecule has 2 amide bonds. The fourth-order valence-corrected chi connectivity index (χ4v) is 3.00. The molecule has 1 fully saturated rings. The van der Waals surface area contributed by atoms with Crippen LogP contribution in [0.25, 0.3) is 0 Å². The molecule has 1 aromatic carbocycles. The Morgan fingerprint density at radius 1 is 1.27 bits per heavy atom. The summed E-state index contributed by atoms with van der Waals surface area (Å²) in [4.78, 5) is 24.3. The number of piperidine rings is 1. The van der Waals surface area contributed by atoms with E-state index in [0.717, 1.165) is 32.4 Å². The first kappa shape index (κ1) is 16.5. The lowest BCUT2D eigenvalue weighted by atomic mass is 9.96. The van der Waals surface area contributed by atoms with Gasteiger partial charge in [-0.05, 0) is 24.5 Å². The molecule has 4 N–H and O–H groups in total. The Labute approximate surface area is 131 Å². The number of carbonyl (C=O) groups excluding carboxylic acids is 2. The van der Waals surface area contributed by atoms with Crippen LogP contribution in [0.15, 0.2) is 24.3 Å². The summed E-state index contributed by atoms with van der Waals surface area (Å²) < 4.78 is 0. The molecule has 0 bridgehead atoms. The Bertz CT molecular complexity index is 522. The Balaban J connectivity index is 1.66. The van der Waals surface area contributed by atoms with Crippen LogP contribution in [-0.4, -0.2) is 38.0 Å². The number of nitrogens with one attached hydrogen (secondary N) is 2. The number of quaternary nitrogens is 1. The lowest BCUT2D eigenvalue weighted by Gasteiger charge is -2.27. The summed E-state index contributed by atoms with van der Waals surface area (Å²) in [5, 5.41) is 2.99. The SMILES string of the molecule is Cc1ccccc1CCNC(=O)C[NH+]1CCC(C(N)=O)CC1. The quantitative estimate of drug-likeness (QED) is 0.658. The van der Waals surface area contributed by atoms with Gasteiger partial charge in [-0.1, -0.05) is 24.3 Å². The Morgan fingerprint density at radius 2 is 1.95 bits per heavy atom. The molecular formula is C17H26N3O2+. The van der Waals surface area contributed by atoms with E-state index in [-0.39, 0.29) is 17.7 Å². The van der Waals surface area contributed by atoms with Gasteiger partial charge >= 0.3 is 0 Å². The molecule has 1 aliphatic rings. The highest BCUT2D eigenvalue weighted by molar-refractivity contribution is 5.77. The molecule has 1 saturated heterocycles. The van der Waals surface area contributed by atoms with Crippen molar-refractivity contribution < 1.29 is 14.5 Å². The van der Waals surface area contributed by atoms with Crippen LogP contribution in [0.1, 0.15) is 24.0 Å². The normalized spacial score (nSPS) is 21.3. The Hall–Kier alpha value is -1.88. The summed E-state index contributed by atoms with van der Waals surface area (Å²) in [5.41, 5.74) is 7.86. The maximum Gasteiger partial charge on any atom is 0.275 e. The zero-order chi connectivity index (χ0) is 15.9. The highest BCUT2D eigenvalue weighted by atomic mass is 16.2. The van der Waals surface area contributed by atoms with E-state index < -0.39 is 0 Å². The van der Waals surface area contributed by atoms with Crippen LogP contribution >= 0.6 is 0 Å². The summed E-state index contributed by atoms with van der Waals surface area (Å²) >= 11 is 0. The topological polar surface area (TPSA) is 76.6 Å². The largest absolute Gasteiger partial charge is 0.369 e. The van der Waals surface area contributed by atoms with Gasteiger partial charge in [0, 0.05) is 25.3 Å². The van der Waals surface area contributed by atoms with E-state index in [1.165, 1.54) is 16.0 Å². The van der Waals surface area contributed by atoms with Gasteiger partial charge in [-0.25, -0.2) is 0 Å². The van der Waals surface area contributed by atoms with Crippen molar-refractivity contribution in [3.8, 4) is 0 Å². The molecule has 120 valence electrons. The lowest BCUT2D eigenvalue weighted by molar-refractivity contribution is -0.897. The van der Waals surface area contributed by atoms with Gasteiger partial charge in [0.1, 0.15) is 0 Å². The minimum Gasteiger partial charge on any atom is -0.369 e. The van der Waals surface area contributed by atoms with E-state index >= 15 is 0 Å². The highest BCUT2D eigenvalue weighted by Crippen LogP contribution is 2.08. The zero-order valence-corrected chi connectivity index (χ0v) is 13.2. The Morgan fingerprint density at radius 3 is 2.59 bits per heavy atom. The summed E-state index contributed by atoms with van der Waals surface area (Å²) in [6, 6.07) is 8.24. The molecule has 0 unspecified atom stereocenters. The molecule has 0 saturated carbocycles. The van der Waals surface area contributed by atoms with Crippen molar-refractivity contribution in [3.63, 3.8) is 0 Å². The summed E-state index contributed by atoms with van der Waals surface area (Å²) in [5.74, 6) is -0.129. The van der Waals surface area contributed by atoms with E-state index in [1.807, 2.05) is 12.1 Å². The third-order valence-electron chi connectivity index (χ3n) is 4.48. The minimum absolute atomic E-state index is 0.00660. The van der Waals surface area contributed by atoms with Crippen LogP contribution in [0.2, 0.25) is 0 Å². The second-order valence-corrected chi connectivity index (χ2v) is 6.13. The summed E-state index contributed by atoms with van der Waals surface area (Å²) in [6.07, 6.45) is 2.44. The number of rotatable bonds is 6. The molecule has 0 atom stereocenters. The van der Waals surface area contributed by atoms with Gasteiger partial charge in [0.2, 0.25) is 5.91 Å². The van der Waals surface area contributed by atoms with Gasteiger partial charge in [-0.2, -0.15) is 0 Å². The number of likely N-dealkylation sites (tertiary alicyclic amines) is 1. The number of hydrogen-bond donors (Lipinski definition) is 3. The van der Waals surface area contributed by atoms with E-state index in [9.17, 15) is 9.59 Å². The maximum atomic E-state index is 12.0. The number of benzene rings is 1. The zero-order valence-electron chi connectivity index (χ0n) is 13.2.